The normalized spacial score (nSPS) is 12.8. The van der Waals surface area contributed by atoms with Crippen LogP contribution in [0.4, 0.5) is 0 Å². The summed E-state index contributed by atoms with van der Waals surface area (Å²) in [6.07, 6.45) is 0.610. The predicted molar refractivity (Wildman–Crippen MR) is 132 cm³/mol. The van der Waals surface area contributed by atoms with Crippen LogP contribution in [-0.4, -0.2) is 47.9 Å². The molecule has 0 aliphatic carbocycles. The first-order valence-electron chi connectivity index (χ1n) is 10.9. The van der Waals surface area contributed by atoms with Gasteiger partial charge < -0.3 is 22.0 Å². The Morgan fingerprint density at radius 2 is 1.80 bits per heavy atom. The van der Waals surface area contributed by atoms with Gasteiger partial charge in [0.25, 0.3) is 15.9 Å². The number of hydrogen-bond acceptors (Lipinski definition) is 7. The van der Waals surface area contributed by atoms with E-state index in [1.807, 2.05) is 48.9 Å². The summed E-state index contributed by atoms with van der Waals surface area (Å²) in [4.78, 5) is 12.2. The fraction of sp³-hybridized carbons (Fsp3) is 0.261. The number of rotatable bonds is 9. The van der Waals surface area contributed by atoms with Crippen molar-refractivity contribution in [1.82, 2.24) is 19.8 Å². The second-order valence-corrected chi connectivity index (χ2v) is 9.76. The van der Waals surface area contributed by atoms with E-state index >= 15 is 0 Å². The Bertz CT molecular complexity index is 1300. The van der Waals surface area contributed by atoms with Gasteiger partial charge in [-0.3, -0.25) is 4.79 Å². The van der Waals surface area contributed by atoms with E-state index in [-0.39, 0.29) is 17.3 Å². The Morgan fingerprint density at radius 3 is 2.43 bits per heavy atom. The molecule has 1 aromatic heterocycles. The molecule has 1 amide bonds. The summed E-state index contributed by atoms with van der Waals surface area (Å²) in [5, 5.41) is 18.4. The minimum absolute atomic E-state index is 0.0730. The Balaban J connectivity index is 1.69. The quantitative estimate of drug-likeness (QED) is 0.0963. The van der Waals surface area contributed by atoms with Crippen molar-refractivity contribution in [3.63, 3.8) is 0 Å². The summed E-state index contributed by atoms with van der Waals surface area (Å²) >= 11 is 0. The smallest absolute Gasteiger partial charge is 0.264 e. The molecule has 11 nitrogen and oxygen atoms in total. The Labute approximate surface area is 203 Å². The van der Waals surface area contributed by atoms with Gasteiger partial charge in [-0.15, -0.1) is 0 Å². The number of oxime groups is 1. The Hall–Kier alpha value is -3.90. The maximum absolute atomic E-state index is 12.7. The van der Waals surface area contributed by atoms with Crippen LogP contribution in [0.5, 0.6) is 0 Å². The lowest BCUT2D eigenvalue weighted by Gasteiger charge is -2.13. The van der Waals surface area contributed by atoms with Crippen molar-refractivity contribution in [2.45, 2.75) is 37.6 Å². The Kier molecular flexibility index (Phi) is 8.10. The van der Waals surface area contributed by atoms with Gasteiger partial charge in [-0.05, 0) is 57.0 Å². The lowest BCUT2D eigenvalue weighted by atomic mass is 10.1. The van der Waals surface area contributed by atoms with Gasteiger partial charge in [0.1, 0.15) is 0 Å². The number of nitrogens with one attached hydrogen (secondary N) is 2. The van der Waals surface area contributed by atoms with Crippen LogP contribution >= 0.6 is 0 Å². The van der Waals surface area contributed by atoms with Gasteiger partial charge in [0.15, 0.2) is 0 Å². The summed E-state index contributed by atoms with van der Waals surface area (Å²) in [5.74, 6) is -0.979. The molecule has 0 unspecified atom stereocenters. The first kappa shape index (κ1) is 25.7. The number of hydrogen-bond donors (Lipinski definition) is 5. The lowest BCUT2D eigenvalue weighted by molar-refractivity contribution is -0.120. The largest absolute Gasteiger partial charge is 0.408 e. The van der Waals surface area contributed by atoms with Gasteiger partial charge in [-0.25, -0.2) is 17.8 Å². The molecule has 0 bridgehead atoms. The van der Waals surface area contributed by atoms with Crippen molar-refractivity contribution in [2.24, 2.45) is 16.6 Å². The Morgan fingerprint density at radius 1 is 1.14 bits per heavy atom. The molecule has 7 N–H and O–H groups in total. The number of nitrogens with two attached hydrogens (primary N) is 2. The number of carbonyl (C=O) groups excluding carboxylic acids is 1. The lowest BCUT2D eigenvalue weighted by Crippen LogP contribution is -2.43. The van der Waals surface area contributed by atoms with Crippen molar-refractivity contribution in [1.29, 1.82) is 0 Å². The monoisotopic (exact) mass is 499 g/mol. The second kappa shape index (κ2) is 11.0. The molecule has 3 rings (SSSR count). The molecule has 3 aromatic rings. The van der Waals surface area contributed by atoms with Crippen molar-refractivity contribution < 1.29 is 18.4 Å². The summed E-state index contributed by atoms with van der Waals surface area (Å²) in [7, 11) is -4.11. The molecular formula is C23H29N7O4S. The first-order valence-corrected chi connectivity index (χ1v) is 12.4. The standard InChI is InChI=1S/C23H29N7O4S/c1-15-5-7-17(8-6-15)21-14-16(2)27-30(21)18-9-11-19(12-10-18)35(33,34)29-22(31)20(24)4-3-13-26-23(25)28-32/h5-12,14,20,32H,3-4,13,24H2,1-2H3,(H,29,31)(H3,25,26,28)/t20-/m0/s1. The van der Waals surface area contributed by atoms with Crippen LogP contribution in [0.2, 0.25) is 0 Å². The topological polar surface area (TPSA) is 178 Å². The van der Waals surface area contributed by atoms with E-state index in [4.69, 9.17) is 16.7 Å². The molecule has 35 heavy (non-hydrogen) atoms. The molecule has 186 valence electrons. The highest BCUT2D eigenvalue weighted by molar-refractivity contribution is 7.90. The third-order valence-corrected chi connectivity index (χ3v) is 6.61. The molecule has 0 aliphatic heterocycles. The number of aromatic nitrogens is 2. The van der Waals surface area contributed by atoms with E-state index in [1.165, 1.54) is 12.1 Å². The molecule has 0 spiro atoms. The highest BCUT2D eigenvalue weighted by atomic mass is 32.2. The zero-order valence-electron chi connectivity index (χ0n) is 19.5. The average Bonchev–Trinajstić information content (AvgIpc) is 3.23. The van der Waals surface area contributed by atoms with Gasteiger partial charge in [-0.2, -0.15) is 5.10 Å². The summed E-state index contributed by atoms with van der Waals surface area (Å²) in [5.41, 5.74) is 15.6. The SMILES string of the molecule is Cc1ccc(-c2cc(C)nn2-c2ccc(S(=O)(=O)NC(=O)[C@@H](N)CCCN/C(N)=N\O)cc2)cc1. The van der Waals surface area contributed by atoms with Gasteiger partial charge in [0, 0.05) is 12.1 Å². The summed E-state index contributed by atoms with van der Waals surface area (Å²) < 4.78 is 29.1. The number of nitrogens with zero attached hydrogens (tertiary/aromatic N) is 3. The van der Waals surface area contributed by atoms with Gasteiger partial charge in [0.2, 0.25) is 5.96 Å². The van der Waals surface area contributed by atoms with Crippen LogP contribution in [0.1, 0.15) is 24.1 Å². The van der Waals surface area contributed by atoms with E-state index in [2.05, 4.69) is 15.6 Å². The van der Waals surface area contributed by atoms with Gasteiger partial charge >= 0.3 is 0 Å². The molecule has 0 aliphatic rings. The van der Waals surface area contributed by atoms with Gasteiger partial charge in [0.05, 0.1) is 28.0 Å². The minimum atomic E-state index is -4.11. The van der Waals surface area contributed by atoms with Crippen LogP contribution in [0.25, 0.3) is 16.9 Å². The fourth-order valence-electron chi connectivity index (χ4n) is 3.36. The fourth-order valence-corrected chi connectivity index (χ4v) is 4.39. The zero-order valence-corrected chi connectivity index (χ0v) is 20.3. The molecule has 1 heterocycles. The van der Waals surface area contributed by atoms with Crippen LogP contribution in [0.3, 0.4) is 0 Å². The minimum Gasteiger partial charge on any atom is -0.408 e. The second-order valence-electron chi connectivity index (χ2n) is 8.07. The number of guanidine groups is 1. The number of aryl methyl sites for hydroxylation is 2. The van der Waals surface area contributed by atoms with Crippen LogP contribution < -0.4 is 21.5 Å². The van der Waals surface area contributed by atoms with E-state index in [0.717, 1.165) is 22.5 Å². The van der Waals surface area contributed by atoms with Gasteiger partial charge in [-0.1, -0.05) is 35.0 Å². The molecule has 0 saturated heterocycles. The number of amides is 1. The van der Waals surface area contributed by atoms with Crippen LogP contribution in [0, 0.1) is 13.8 Å². The molecule has 0 saturated carbocycles. The highest BCUT2D eigenvalue weighted by Gasteiger charge is 2.22. The van der Waals surface area contributed by atoms with Crippen molar-refractivity contribution in [3.8, 4) is 16.9 Å². The molecule has 2 aromatic carbocycles. The zero-order chi connectivity index (χ0) is 25.6. The molecular weight excluding hydrogens is 470 g/mol. The average molecular weight is 500 g/mol. The van der Waals surface area contributed by atoms with Crippen molar-refractivity contribution >= 4 is 21.9 Å². The van der Waals surface area contributed by atoms with E-state index in [9.17, 15) is 13.2 Å². The third-order valence-electron chi connectivity index (χ3n) is 5.25. The van der Waals surface area contributed by atoms with E-state index in [1.54, 1.807) is 16.8 Å². The van der Waals surface area contributed by atoms with E-state index < -0.39 is 22.0 Å². The number of sulfonamides is 1. The summed E-state index contributed by atoms with van der Waals surface area (Å²) in [6.45, 7) is 4.21. The molecule has 12 heteroatoms. The van der Waals surface area contributed by atoms with Crippen molar-refractivity contribution in [3.05, 3.63) is 65.9 Å². The maximum atomic E-state index is 12.7. The van der Waals surface area contributed by atoms with E-state index in [0.29, 0.717) is 18.7 Å². The third kappa shape index (κ3) is 6.58. The number of benzene rings is 2. The molecule has 0 radical (unpaired) electrons. The number of carbonyl (C=O) groups is 1. The maximum Gasteiger partial charge on any atom is 0.264 e. The van der Waals surface area contributed by atoms with Crippen molar-refractivity contribution in [2.75, 3.05) is 6.54 Å². The highest BCUT2D eigenvalue weighted by Crippen LogP contribution is 2.25. The first-order chi connectivity index (χ1) is 16.6. The summed E-state index contributed by atoms with van der Waals surface area (Å²) in [6, 6.07) is 15.0. The molecule has 1 atom stereocenters. The molecule has 0 fully saturated rings. The van der Waals surface area contributed by atoms with Crippen LogP contribution in [0.15, 0.2) is 64.6 Å². The van der Waals surface area contributed by atoms with Crippen LogP contribution in [-0.2, 0) is 14.8 Å². The predicted octanol–water partition coefficient (Wildman–Crippen LogP) is 1.36.